The molecule has 1 aliphatic carbocycles. The van der Waals surface area contributed by atoms with Crippen molar-refractivity contribution in [2.45, 2.75) is 75.2 Å². The van der Waals surface area contributed by atoms with Gasteiger partial charge in [0.15, 0.2) is 6.10 Å². The minimum atomic E-state index is -1.44. The van der Waals surface area contributed by atoms with Crippen LogP contribution >= 0.6 is 11.6 Å². The molecule has 0 bridgehead atoms. The Morgan fingerprint density at radius 2 is 1.91 bits per heavy atom. The van der Waals surface area contributed by atoms with Gasteiger partial charge < -0.3 is 29.7 Å². The van der Waals surface area contributed by atoms with Gasteiger partial charge in [-0.05, 0) is 50.1 Å². The highest BCUT2D eigenvalue weighted by atomic mass is 35.5. The molecule has 234 valence electrons. The molecule has 0 radical (unpaired) electrons. The molecule has 1 amide bonds. The highest BCUT2D eigenvalue weighted by Gasteiger charge is 2.52. The van der Waals surface area contributed by atoms with Crippen LogP contribution in [0.25, 0.3) is 11.3 Å². The number of nitriles is 1. The van der Waals surface area contributed by atoms with Gasteiger partial charge in [0.1, 0.15) is 41.7 Å². The van der Waals surface area contributed by atoms with Crippen molar-refractivity contribution in [2.24, 2.45) is 0 Å². The maximum absolute atomic E-state index is 14.5. The number of nitrogens with zero attached hydrogens (tertiary/aromatic N) is 5. The third-order valence-electron chi connectivity index (χ3n) is 8.33. The van der Waals surface area contributed by atoms with Gasteiger partial charge in [0.25, 0.3) is 5.91 Å². The Balaban J connectivity index is 1.56. The number of aliphatic hydroxyl groups is 3. The number of carbonyl (C=O) groups is 1. The Bertz CT molecular complexity index is 1540. The fourth-order valence-electron chi connectivity index (χ4n) is 6.00. The second-order valence-electron chi connectivity index (χ2n) is 11.0. The minimum absolute atomic E-state index is 0.0923. The van der Waals surface area contributed by atoms with Gasteiger partial charge in [0.2, 0.25) is 0 Å². The monoisotopic (exact) mass is 631 g/mol. The number of hydrogen-bond acceptors (Lipinski definition) is 9. The summed E-state index contributed by atoms with van der Waals surface area (Å²) < 4.78 is 41.5. The molecular weight excluding hydrogens is 600 g/mol. The van der Waals surface area contributed by atoms with E-state index in [-0.39, 0.29) is 33.1 Å². The number of aromatic nitrogens is 3. The highest BCUT2D eigenvalue weighted by molar-refractivity contribution is 6.31. The summed E-state index contributed by atoms with van der Waals surface area (Å²) in [6.07, 6.45) is -2.49. The van der Waals surface area contributed by atoms with E-state index in [1.165, 1.54) is 48.0 Å². The van der Waals surface area contributed by atoms with Gasteiger partial charge in [-0.3, -0.25) is 4.79 Å². The largest absolute Gasteiger partial charge is 0.394 e. The van der Waals surface area contributed by atoms with E-state index in [2.05, 4.69) is 10.3 Å². The molecule has 1 aromatic heterocycles. The highest BCUT2D eigenvalue weighted by Crippen LogP contribution is 2.37. The van der Waals surface area contributed by atoms with Crippen LogP contribution in [0.15, 0.2) is 36.5 Å². The summed E-state index contributed by atoms with van der Waals surface area (Å²) in [6.45, 7) is 0.634. The van der Waals surface area contributed by atoms with E-state index in [1.54, 1.807) is 0 Å². The van der Waals surface area contributed by atoms with Crippen molar-refractivity contribution in [1.82, 2.24) is 15.0 Å². The van der Waals surface area contributed by atoms with Crippen LogP contribution in [0.1, 0.15) is 42.9 Å². The minimum Gasteiger partial charge on any atom is -0.394 e. The molecule has 2 aliphatic rings. The fourth-order valence-corrected chi connectivity index (χ4v) is 6.23. The lowest BCUT2D eigenvalue weighted by molar-refractivity contribution is -0.211. The lowest BCUT2D eigenvalue weighted by Crippen LogP contribution is -2.63. The first-order valence-electron chi connectivity index (χ1n) is 14.1. The third kappa shape index (κ3) is 6.06. The molecular formula is C30H32ClF2N5O6. The lowest BCUT2D eigenvalue weighted by Gasteiger charge is -2.46. The van der Waals surface area contributed by atoms with Gasteiger partial charge in [-0.15, -0.1) is 5.10 Å². The molecule has 5 rings (SSSR count). The second kappa shape index (κ2) is 13.2. The van der Waals surface area contributed by atoms with Crippen molar-refractivity contribution in [1.29, 1.82) is 5.26 Å². The van der Waals surface area contributed by atoms with Crippen LogP contribution in [-0.2, 0) is 14.3 Å². The number of aliphatic hydroxyl groups excluding tert-OH is 3. The van der Waals surface area contributed by atoms with Crippen molar-refractivity contribution >= 4 is 23.2 Å². The second-order valence-corrected chi connectivity index (χ2v) is 11.5. The Kier molecular flexibility index (Phi) is 9.59. The number of anilines is 1. The van der Waals surface area contributed by atoms with E-state index in [1.807, 2.05) is 6.07 Å². The Morgan fingerprint density at radius 1 is 1.20 bits per heavy atom. The summed E-state index contributed by atoms with van der Waals surface area (Å²) in [5.74, 6) is -2.20. The van der Waals surface area contributed by atoms with Gasteiger partial charge in [-0.2, -0.15) is 5.26 Å². The van der Waals surface area contributed by atoms with Gasteiger partial charge in [-0.1, -0.05) is 29.7 Å². The van der Waals surface area contributed by atoms with Crippen LogP contribution in [0.3, 0.4) is 0 Å². The quantitative estimate of drug-likeness (QED) is 0.357. The van der Waals surface area contributed by atoms with Gasteiger partial charge >= 0.3 is 0 Å². The zero-order valence-corrected chi connectivity index (χ0v) is 24.7. The number of amides is 1. The predicted molar refractivity (Wildman–Crippen MR) is 154 cm³/mol. The maximum atomic E-state index is 14.5. The first-order valence-corrected chi connectivity index (χ1v) is 14.5. The van der Waals surface area contributed by atoms with E-state index < -0.39 is 66.8 Å². The normalized spacial score (nSPS) is 27.1. The summed E-state index contributed by atoms with van der Waals surface area (Å²) >= 11 is 6.30. The Morgan fingerprint density at radius 3 is 2.55 bits per heavy atom. The van der Waals surface area contributed by atoms with Crippen LogP contribution in [-0.4, -0.2) is 86.5 Å². The molecule has 2 aromatic carbocycles. The van der Waals surface area contributed by atoms with Gasteiger partial charge in [-0.25, -0.2) is 13.5 Å². The summed E-state index contributed by atoms with van der Waals surface area (Å²) in [6, 6.07) is 6.84. The first-order chi connectivity index (χ1) is 21.1. The molecule has 0 spiro atoms. The van der Waals surface area contributed by atoms with Crippen LogP contribution in [0, 0.1) is 29.9 Å². The molecule has 14 heteroatoms. The van der Waals surface area contributed by atoms with Gasteiger partial charge in [0.05, 0.1) is 36.6 Å². The maximum Gasteiger partial charge on any atom is 0.259 e. The first kappa shape index (κ1) is 31.9. The molecule has 11 nitrogen and oxygen atoms in total. The molecule has 2 heterocycles. The number of rotatable bonds is 7. The number of carbonyl (C=O) groups excluding carboxylic acids is 1. The Labute approximate surface area is 257 Å². The van der Waals surface area contributed by atoms with E-state index in [0.717, 1.165) is 25.0 Å². The molecule has 2 fully saturated rings. The molecule has 0 unspecified atom stereocenters. The van der Waals surface area contributed by atoms with Crippen molar-refractivity contribution in [3.05, 3.63) is 64.3 Å². The van der Waals surface area contributed by atoms with E-state index >= 15 is 0 Å². The molecule has 1 saturated carbocycles. The smallest absolute Gasteiger partial charge is 0.259 e. The molecule has 1 saturated heterocycles. The zero-order chi connectivity index (χ0) is 31.7. The van der Waals surface area contributed by atoms with E-state index in [4.69, 9.17) is 21.1 Å². The number of hydrogen-bond donors (Lipinski definition) is 3. The van der Waals surface area contributed by atoms with E-state index in [0.29, 0.717) is 12.8 Å². The topological polar surface area (TPSA) is 154 Å². The van der Waals surface area contributed by atoms with Crippen molar-refractivity contribution < 1.29 is 38.4 Å². The average Bonchev–Trinajstić information content (AvgIpc) is 3.50. The summed E-state index contributed by atoms with van der Waals surface area (Å²) in [7, 11) is 1.31. The lowest BCUT2D eigenvalue weighted by atomic mass is 9.88. The molecule has 1 aliphatic heterocycles. The van der Waals surface area contributed by atoms with Crippen LogP contribution in [0.4, 0.5) is 14.5 Å². The molecule has 7 atom stereocenters. The SMILES string of the molecule is CO[C@@H]1[C@@H](n2cc(-c3cc(F)c(C)c(F)c3)nn2)[C@@H](O)[C@@H](CO)O[C@H]1C(=O)N(c1cc(Cl)cc(C#N)c1)[C@H]1CCCC[C@@H]1O. The summed E-state index contributed by atoms with van der Waals surface area (Å²) in [4.78, 5) is 15.8. The fraction of sp³-hybridized carbons (Fsp3) is 0.467. The summed E-state index contributed by atoms with van der Waals surface area (Å²) in [5.41, 5.74) is 0.504. The molecule has 3 aromatic rings. The number of ether oxygens (including phenoxy) is 2. The summed E-state index contributed by atoms with van der Waals surface area (Å²) in [5, 5.41) is 50.2. The zero-order valence-electron chi connectivity index (χ0n) is 24.0. The van der Waals surface area contributed by atoms with Gasteiger partial charge in [0, 0.05) is 28.9 Å². The van der Waals surface area contributed by atoms with E-state index in [9.17, 15) is 34.2 Å². The van der Waals surface area contributed by atoms with Crippen molar-refractivity contribution in [3.8, 4) is 17.3 Å². The standard InChI is InChI=1S/C30H32ClF2N5O6/c1-15-20(32)9-17(10-21(15)33)22-13-37(36-35-22)26-27(41)25(14-39)44-29(28(26)43-2)30(42)38(23-5-3-4-6-24(23)40)19-8-16(12-34)7-18(31)11-19/h7-11,13,23-29,39-41H,3-6,14H2,1-2H3/t23-,24-,25+,26-,27-,28+,29+/m0/s1. The number of benzene rings is 2. The van der Waals surface area contributed by atoms with Crippen molar-refractivity contribution in [2.75, 3.05) is 18.6 Å². The average molecular weight is 632 g/mol. The van der Waals surface area contributed by atoms with Crippen LogP contribution < -0.4 is 4.90 Å². The third-order valence-corrected chi connectivity index (χ3v) is 8.55. The van der Waals surface area contributed by atoms with Crippen LogP contribution in [0.5, 0.6) is 0 Å². The van der Waals surface area contributed by atoms with Crippen molar-refractivity contribution in [3.63, 3.8) is 0 Å². The Hall–Kier alpha value is -3.51. The predicted octanol–water partition coefficient (Wildman–Crippen LogP) is 3.07. The number of methoxy groups -OCH3 is 1. The number of halogens is 3. The molecule has 44 heavy (non-hydrogen) atoms. The molecule has 3 N–H and O–H groups in total. The van der Waals surface area contributed by atoms with Crippen LogP contribution in [0.2, 0.25) is 5.02 Å².